The molecule has 2 aromatic rings. The van der Waals surface area contributed by atoms with E-state index >= 15 is 0 Å². The summed E-state index contributed by atoms with van der Waals surface area (Å²) in [6.45, 7) is 0.502. The van der Waals surface area contributed by atoms with Crippen molar-refractivity contribution in [3.8, 4) is 11.6 Å². The molecule has 0 bridgehead atoms. The van der Waals surface area contributed by atoms with Crippen LogP contribution < -0.4 is 10.1 Å². The number of nitrogens with zero attached hydrogens (tertiary/aromatic N) is 2. The predicted octanol–water partition coefficient (Wildman–Crippen LogP) is 2.66. The zero-order chi connectivity index (χ0) is 13.1. The molecule has 0 aliphatic heterocycles. The topological polar surface area (TPSA) is 47.0 Å². The molecule has 1 saturated carbocycles. The van der Waals surface area contributed by atoms with Gasteiger partial charge in [0, 0.05) is 30.5 Å². The van der Waals surface area contributed by atoms with Crippen LogP contribution in [0.5, 0.6) is 11.6 Å². The van der Waals surface area contributed by atoms with Gasteiger partial charge in [-0.15, -0.1) is 0 Å². The van der Waals surface area contributed by atoms with Gasteiger partial charge in [-0.2, -0.15) is 0 Å². The van der Waals surface area contributed by atoms with Gasteiger partial charge in [-0.1, -0.05) is 0 Å². The summed E-state index contributed by atoms with van der Waals surface area (Å²) in [7, 11) is 0. The van der Waals surface area contributed by atoms with E-state index in [4.69, 9.17) is 4.74 Å². The third-order valence-corrected chi connectivity index (χ3v) is 2.94. The number of hydrogen-bond donors (Lipinski definition) is 1. The summed E-state index contributed by atoms with van der Waals surface area (Å²) in [6, 6.07) is 5.64. The lowest BCUT2D eigenvalue weighted by molar-refractivity contribution is 0.416. The minimum Gasteiger partial charge on any atom is -0.435 e. The van der Waals surface area contributed by atoms with E-state index in [-0.39, 0.29) is 5.88 Å². The Balaban J connectivity index is 1.75. The molecule has 0 unspecified atom stereocenters. The van der Waals surface area contributed by atoms with Gasteiger partial charge in [-0.3, -0.25) is 4.98 Å². The van der Waals surface area contributed by atoms with Crippen LogP contribution in [0.25, 0.3) is 0 Å². The van der Waals surface area contributed by atoms with E-state index in [1.165, 1.54) is 19.0 Å². The van der Waals surface area contributed by atoms with Gasteiger partial charge < -0.3 is 10.1 Å². The maximum Gasteiger partial charge on any atom is 0.256 e. The van der Waals surface area contributed by atoms with Gasteiger partial charge in [0.05, 0.1) is 6.20 Å². The van der Waals surface area contributed by atoms with Crippen molar-refractivity contribution in [2.75, 3.05) is 0 Å². The molecule has 0 saturated heterocycles. The number of aromatic nitrogens is 2. The smallest absolute Gasteiger partial charge is 0.256 e. The molecule has 98 valence electrons. The molecule has 0 radical (unpaired) electrons. The highest BCUT2D eigenvalue weighted by atomic mass is 19.1. The molecule has 4 nitrogen and oxygen atoms in total. The normalized spacial score (nSPS) is 14.4. The molecular weight excluding hydrogens is 245 g/mol. The number of halogens is 1. The van der Waals surface area contributed by atoms with E-state index in [1.807, 2.05) is 0 Å². The number of pyridine rings is 2. The summed E-state index contributed by atoms with van der Waals surface area (Å²) in [5.41, 5.74) is 0.570. The summed E-state index contributed by atoms with van der Waals surface area (Å²) >= 11 is 0. The standard InChI is InChI=1S/C14H14FN3O/c15-13-10(8-18-11-3-4-11)5-7-17-14(13)19-12-2-1-6-16-9-12/h1-2,5-7,9,11,18H,3-4,8H2. The van der Waals surface area contributed by atoms with E-state index in [9.17, 15) is 4.39 Å². The maximum atomic E-state index is 14.2. The molecule has 3 rings (SSSR count). The molecular formula is C14H14FN3O. The predicted molar refractivity (Wildman–Crippen MR) is 68.4 cm³/mol. The molecule has 0 atom stereocenters. The number of rotatable bonds is 5. The minimum atomic E-state index is -0.417. The Labute approximate surface area is 110 Å². The van der Waals surface area contributed by atoms with Crippen LogP contribution in [-0.2, 0) is 6.54 Å². The molecule has 1 fully saturated rings. The van der Waals surface area contributed by atoms with Crippen molar-refractivity contribution in [3.05, 3.63) is 48.2 Å². The lowest BCUT2D eigenvalue weighted by Gasteiger charge is -2.09. The van der Waals surface area contributed by atoms with Crippen molar-refractivity contribution < 1.29 is 9.13 Å². The monoisotopic (exact) mass is 259 g/mol. The molecule has 2 aromatic heterocycles. The number of hydrogen-bond acceptors (Lipinski definition) is 4. The fraction of sp³-hybridized carbons (Fsp3) is 0.286. The quantitative estimate of drug-likeness (QED) is 0.896. The van der Waals surface area contributed by atoms with E-state index in [0.29, 0.717) is 23.9 Å². The second-order valence-corrected chi connectivity index (χ2v) is 4.54. The zero-order valence-corrected chi connectivity index (χ0v) is 10.3. The number of ether oxygens (including phenoxy) is 1. The third kappa shape index (κ3) is 3.06. The highest BCUT2D eigenvalue weighted by Gasteiger charge is 2.21. The van der Waals surface area contributed by atoms with Crippen molar-refractivity contribution in [1.29, 1.82) is 0 Å². The lowest BCUT2D eigenvalue weighted by atomic mass is 10.2. The van der Waals surface area contributed by atoms with Crippen molar-refractivity contribution in [2.45, 2.75) is 25.4 Å². The van der Waals surface area contributed by atoms with Crippen LogP contribution in [0, 0.1) is 5.82 Å². The van der Waals surface area contributed by atoms with Crippen molar-refractivity contribution in [3.63, 3.8) is 0 Å². The minimum absolute atomic E-state index is 0.0110. The fourth-order valence-electron chi connectivity index (χ4n) is 1.73. The Kier molecular flexibility index (Phi) is 3.37. The van der Waals surface area contributed by atoms with Gasteiger partial charge in [0.1, 0.15) is 5.75 Å². The first kappa shape index (κ1) is 12.0. The molecule has 1 N–H and O–H groups in total. The van der Waals surface area contributed by atoms with E-state index in [0.717, 1.165) is 0 Å². The molecule has 19 heavy (non-hydrogen) atoms. The molecule has 0 spiro atoms. The second kappa shape index (κ2) is 5.32. The largest absolute Gasteiger partial charge is 0.435 e. The molecule has 2 heterocycles. The molecule has 1 aliphatic carbocycles. The van der Waals surface area contributed by atoms with Crippen molar-refractivity contribution >= 4 is 0 Å². The average Bonchev–Trinajstić information content (AvgIpc) is 3.25. The first-order chi connectivity index (χ1) is 9.33. The Morgan fingerprint density at radius 1 is 1.32 bits per heavy atom. The van der Waals surface area contributed by atoms with Gasteiger partial charge in [0.2, 0.25) is 0 Å². The first-order valence-electron chi connectivity index (χ1n) is 6.27. The summed E-state index contributed by atoms with van der Waals surface area (Å²) < 4.78 is 19.6. The zero-order valence-electron chi connectivity index (χ0n) is 10.3. The highest BCUT2D eigenvalue weighted by molar-refractivity contribution is 5.28. The maximum absolute atomic E-state index is 14.2. The Hall–Kier alpha value is -2.01. The van der Waals surface area contributed by atoms with E-state index in [2.05, 4.69) is 15.3 Å². The van der Waals surface area contributed by atoms with Crippen LogP contribution in [0.2, 0.25) is 0 Å². The molecule has 1 aliphatic rings. The van der Waals surface area contributed by atoms with Gasteiger partial charge in [0.15, 0.2) is 5.82 Å². The molecule has 0 amide bonds. The van der Waals surface area contributed by atoms with Crippen LogP contribution in [0.15, 0.2) is 36.8 Å². The van der Waals surface area contributed by atoms with Crippen molar-refractivity contribution in [1.82, 2.24) is 15.3 Å². The van der Waals surface area contributed by atoms with Crippen LogP contribution in [-0.4, -0.2) is 16.0 Å². The molecule has 0 aromatic carbocycles. The molecule has 5 heteroatoms. The van der Waals surface area contributed by atoms with Crippen LogP contribution >= 0.6 is 0 Å². The number of nitrogens with one attached hydrogen (secondary N) is 1. The third-order valence-electron chi connectivity index (χ3n) is 2.94. The van der Waals surface area contributed by atoms with Gasteiger partial charge >= 0.3 is 0 Å². The van der Waals surface area contributed by atoms with Gasteiger partial charge in [-0.05, 0) is 31.0 Å². The van der Waals surface area contributed by atoms with Crippen LogP contribution in [0.3, 0.4) is 0 Å². The van der Waals surface area contributed by atoms with Crippen molar-refractivity contribution in [2.24, 2.45) is 0 Å². The fourth-order valence-corrected chi connectivity index (χ4v) is 1.73. The summed E-state index contributed by atoms with van der Waals surface area (Å²) in [5, 5.41) is 3.27. The van der Waals surface area contributed by atoms with E-state index in [1.54, 1.807) is 30.6 Å². The summed E-state index contributed by atoms with van der Waals surface area (Å²) in [5.74, 6) is 0.0452. The van der Waals surface area contributed by atoms with Crippen LogP contribution in [0.4, 0.5) is 4.39 Å². The SMILES string of the molecule is Fc1c(CNC2CC2)ccnc1Oc1cccnc1. The second-order valence-electron chi connectivity index (χ2n) is 4.54. The first-order valence-corrected chi connectivity index (χ1v) is 6.27. The average molecular weight is 259 g/mol. The van der Waals surface area contributed by atoms with E-state index < -0.39 is 5.82 Å². The highest BCUT2D eigenvalue weighted by Crippen LogP contribution is 2.24. The Bertz CT molecular complexity index is 558. The Morgan fingerprint density at radius 3 is 2.95 bits per heavy atom. The Morgan fingerprint density at radius 2 is 2.21 bits per heavy atom. The van der Waals surface area contributed by atoms with Gasteiger partial charge in [-0.25, -0.2) is 9.37 Å². The lowest BCUT2D eigenvalue weighted by Crippen LogP contribution is -2.16. The summed E-state index contributed by atoms with van der Waals surface area (Å²) in [6.07, 6.45) is 7.05. The van der Waals surface area contributed by atoms with Gasteiger partial charge in [0.25, 0.3) is 5.88 Å². The summed E-state index contributed by atoms with van der Waals surface area (Å²) in [4.78, 5) is 7.84. The van der Waals surface area contributed by atoms with Crippen LogP contribution in [0.1, 0.15) is 18.4 Å².